The fourth-order valence-electron chi connectivity index (χ4n) is 0.672. The van der Waals surface area contributed by atoms with Gasteiger partial charge in [0.15, 0.2) is 10.9 Å². The Balaban J connectivity index is 2.96. The standard InChI is InChI=1S/C8H6ClNO2/c9-8-7(12)4-3-6(10-8)2-1-5-11/h1-5,12H. The highest BCUT2D eigenvalue weighted by molar-refractivity contribution is 6.30. The van der Waals surface area contributed by atoms with E-state index in [9.17, 15) is 4.79 Å². The van der Waals surface area contributed by atoms with Crippen molar-refractivity contribution in [2.45, 2.75) is 0 Å². The van der Waals surface area contributed by atoms with E-state index in [2.05, 4.69) is 4.98 Å². The molecular weight excluding hydrogens is 178 g/mol. The lowest BCUT2D eigenvalue weighted by Gasteiger charge is -1.95. The van der Waals surface area contributed by atoms with Gasteiger partial charge in [-0.25, -0.2) is 4.98 Å². The van der Waals surface area contributed by atoms with E-state index in [0.29, 0.717) is 12.0 Å². The molecule has 0 aliphatic rings. The van der Waals surface area contributed by atoms with Crippen molar-refractivity contribution in [3.63, 3.8) is 0 Å². The first-order chi connectivity index (χ1) is 5.74. The number of aromatic hydroxyl groups is 1. The van der Waals surface area contributed by atoms with Crippen LogP contribution in [0, 0.1) is 0 Å². The highest BCUT2D eigenvalue weighted by Crippen LogP contribution is 2.20. The third-order valence-corrected chi connectivity index (χ3v) is 1.47. The number of nitrogens with zero attached hydrogens (tertiary/aromatic N) is 1. The van der Waals surface area contributed by atoms with E-state index >= 15 is 0 Å². The van der Waals surface area contributed by atoms with Crippen LogP contribution in [0.25, 0.3) is 6.08 Å². The Hall–Kier alpha value is -1.35. The van der Waals surface area contributed by atoms with Gasteiger partial charge in [-0.3, -0.25) is 4.79 Å². The maximum atomic E-state index is 9.93. The Bertz CT molecular complexity index is 323. The first kappa shape index (κ1) is 8.74. The zero-order valence-electron chi connectivity index (χ0n) is 6.07. The second kappa shape index (κ2) is 3.88. The van der Waals surface area contributed by atoms with E-state index in [0.717, 1.165) is 0 Å². The molecule has 0 fully saturated rings. The van der Waals surface area contributed by atoms with Crippen molar-refractivity contribution in [1.82, 2.24) is 4.98 Å². The van der Waals surface area contributed by atoms with Gasteiger partial charge in [0, 0.05) is 0 Å². The van der Waals surface area contributed by atoms with Gasteiger partial charge < -0.3 is 5.11 Å². The molecule has 0 unspecified atom stereocenters. The molecule has 0 aromatic carbocycles. The van der Waals surface area contributed by atoms with E-state index in [-0.39, 0.29) is 10.9 Å². The van der Waals surface area contributed by atoms with Crippen molar-refractivity contribution in [1.29, 1.82) is 0 Å². The molecule has 0 amide bonds. The zero-order chi connectivity index (χ0) is 8.97. The largest absolute Gasteiger partial charge is 0.505 e. The second-order valence-electron chi connectivity index (χ2n) is 2.04. The highest BCUT2D eigenvalue weighted by atomic mass is 35.5. The van der Waals surface area contributed by atoms with Gasteiger partial charge >= 0.3 is 0 Å². The van der Waals surface area contributed by atoms with Crippen molar-refractivity contribution in [3.05, 3.63) is 29.1 Å². The van der Waals surface area contributed by atoms with Crippen molar-refractivity contribution in [2.75, 3.05) is 0 Å². The summed E-state index contributed by atoms with van der Waals surface area (Å²) in [4.78, 5) is 13.7. The van der Waals surface area contributed by atoms with Crippen LogP contribution in [0.2, 0.25) is 5.15 Å². The Morgan fingerprint density at radius 1 is 1.50 bits per heavy atom. The molecule has 0 spiro atoms. The van der Waals surface area contributed by atoms with Crippen LogP contribution in [0.5, 0.6) is 5.75 Å². The molecule has 0 atom stereocenters. The van der Waals surface area contributed by atoms with E-state index < -0.39 is 0 Å². The van der Waals surface area contributed by atoms with Crippen LogP contribution in [-0.4, -0.2) is 16.4 Å². The Morgan fingerprint density at radius 2 is 2.25 bits per heavy atom. The maximum Gasteiger partial charge on any atom is 0.171 e. The summed E-state index contributed by atoms with van der Waals surface area (Å²) < 4.78 is 0. The van der Waals surface area contributed by atoms with Crippen LogP contribution in [0.3, 0.4) is 0 Å². The van der Waals surface area contributed by atoms with E-state index in [4.69, 9.17) is 16.7 Å². The summed E-state index contributed by atoms with van der Waals surface area (Å²) >= 11 is 5.51. The molecule has 0 saturated heterocycles. The first-order valence-corrected chi connectivity index (χ1v) is 3.59. The van der Waals surface area contributed by atoms with Gasteiger partial charge in [-0.1, -0.05) is 11.6 Å². The van der Waals surface area contributed by atoms with Crippen molar-refractivity contribution in [2.24, 2.45) is 0 Å². The SMILES string of the molecule is O=CC=Cc1ccc(O)c(Cl)n1. The van der Waals surface area contributed by atoms with Crippen molar-refractivity contribution >= 4 is 24.0 Å². The van der Waals surface area contributed by atoms with Crippen LogP contribution >= 0.6 is 11.6 Å². The first-order valence-electron chi connectivity index (χ1n) is 3.21. The molecule has 1 N–H and O–H groups in total. The molecule has 0 bridgehead atoms. The number of carbonyl (C=O) groups is 1. The molecule has 1 aromatic heterocycles. The van der Waals surface area contributed by atoms with Gasteiger partial charge in [-0.15, -0.1) is 0 Å². The monoisotopic (exact) mass is 183 g/mol. The molecule has 0 saturated carbocycles. The molecule has 0 aliphatic heterocycles. The lowest BCUT2D eigenvalue weighted by atomic mass is 10.3. The molecule has 1 aromatic rings. The number of rotatable bonds is 2. The van der Waals surface area contributed by atoms with Gasteiger partial charge in [-0.2, -0.15) is 0 Å². The average Bonchev–Trinajstić information content (AvgIpc) is 2.07. The fraction of sp³-hybridized carbons (Fsp3) is 0. The van der Waals surface area contributed by atoms with Gasteiger partial charge in [0.2, 0.25) is 0 Å². The summed E-state index contributed by atoms with van der Waals surface area (Å²) in [5.41, 5.74) is 0.532. The van der Waals surface area contributed by atoms with Crippen LogP contribution in [-0.2, 0) is 4.79 Å². The minimum absolute atomic E-state index is 0.0306. The number of halogens is 1. The third-order valence-electron chi connectivity index (χ3n) is 1.20. The number of carbonyl (C=O) groups excluding carboxylic acids is 1. The van der Waals surface area contributed by atoms with E-state index in [1.54, 1.807) is 6.07 Å². The summed E-state index contributed by atoms with van der Waals surface area (Å²) in [6.45, 7) is 0. The summed E-state index contributed by atoms with van der Waals surface area (Å²) in [5.74, 6) is -0.0695. The molecule has 1 heterocycles. The maximum absolute atomic E-state index is 9.93. The number of hydrogen-bond donors (Lipinski definition) is 1. The lowest BCUT2D eigenvalue weighted by molar-refractivity contribution is -0.104. The normalized spacial score (nSPS) is 10.4. The van der Waals surface area contributed by atoms with Gasteiger partial charge in [0.25, 0.3) is 0 Å². The van der Waals surface area contributed by atoms with Crippen LogP contribution in [0.4, 0.5) is 0 Å². The topological polar surface area (TPSA) is 50.2 Å². The molecule has 3 nitrogen and oxygen atoms in total. The number of aromatic nitrogens is 1. The quantitative estimate of drug-likeness (QED) is 0.431. The minimum Gasteiger partial charge on any atom is -0.505 e. The lowest BCUT2D eigenvalue weighted by Crippen LogP contribution is -1.81. The molecule has 12 heavy (non-hydrogen) atoms. The molecular formula is C8H6ClNO2. The van der Waals surface area contributed by atoms with E-state index in [1.165, 1.54) is 18.2 Å². The summed E-state index contributed by atoms with van der Waals surface area (Å²) in [6, 6.07) is 2.97. The van der Waals surface area contributed by atoms with Gasteiger partial charge in [0.1, 0.15) is 6.29 Å². The van der Waals surface area contributed by atoms with Crippen molar-refractivity contribution < 1.29 is 9.90 Å². The Morgan fingerprint density at radius 3 is 2.83 bits per heavy atom. The predicted octanol–water partition coefficient (Wildman–Crippen LogP) is 1.65. The summed E-state index contributed by atoms with van der Waals surface area (Å²) in [7, 11) is 0. The number of pyridine rings is 1. The zero-order valence-corrected chi connectivity index (χ0v) is 6.82. The Labute approximate surface area is 74.3 Å². The van der Waals surface area contributed by atoms with Crippen LogP contribution < -0.4 is 0 Å². The molecule has 4 heteroatoms. The fourth-order valence-corrected chi connectivity index (χ4v) is 0.832. The van der Waals surface area contributed by atoms with Gasteiger partial charge in [-0.05, 0) is 24.3 Å². The minimum atomic E-state index is -0.0695. The predicted molar refractivity (Wildman–Crippen MR) is 46.0 cm³/mol. The van der Waals surface area contributed by atoms with Crippen molar-refractivity contribution in [3.8, 4) is 5.75 Å². The molecule has 1 rings (SSSR count). The van der Waals surface area contributed by atoms with E-state index in [1.807, 2.05) is 0 Å². The number of hydrogen-bond acceptors (Lipinski definition) is 3. The molecule has 62 valence electrons. The molecule has 0 aliphatic carbocycles. The number of allylic oxidation sites excluding steroid dienone is 1. The average molecular weight is 184 g/mol. The number of aldehydes is 1. The van der Waals surface area contributed by atoms with Crippen LogP contribution in [0.1, 0.15) is 5.69 Å². The molecule has 0 radical (unpaired) electrons. The Kier molecular flexibility index (Phi) is 2.82. The van der Waals surface area contributed by atoms with Gasteiger partial charge in [0.05, 0.1) is 5.69 Å². The summed E-state index contributed by atoms with van der Waals surface area (Å²) in [6.07, 6.45) is 3.44. The summed E-state index contributed by atoms with van der Waals surface area (Å²) in [5, 5.41) is 9.01. The smallest absolute Gasteiger partial charge is 0.171 e. The second-order valence-corrected chi connectivity index (χ2v) is 2.40. The van der Waals surface area contributed by atoms with Crippen LogP contribution in [0.15, 0.2) is 18.2 Å². The third kappa shape index (κ3) is 2.07. The highest BCUT2D eigenvalue weighted by Gasteiger charge is 1.97.